The van der Waals surface area contributed by atoms with E-state index in [0.717, 1.165) is 29.3 Å². The molecule has 0 atom stereocenters. The van der Waals surface area contributed by atoms with E-state index in [-0.39, 0.29) is 11.8 Å². The summed E-state index contributed by atoms with van der Waals surface area (Å²) in [4.78, 5) is 22.9. The minimum Gasteiger partial charge on any atom is -0.466 e. The molecule has 0 amide bonds. The van der Waals surface area contributed by atoms with Gasteiger partial charge in [-0.1, -0.05) is 34.5 Å². The molecular formula is C15H19BrO3. The first-order valence-electron chi connectivity index (χ1n) is 6.58. The van der Waals surface area contributed by atoms with Crippen molar-refractivity contribution in [1.29, 1.82) is 0 Å². The number of halogens is 1. The first-order chi connectivity index (χ1) is 9.13. The van der Waals surface area contributed by atoms with E-state index in [1.807, 2.05) is 24.3 Å². The molecule has 0 saturated carbocycles. The SMILES string of the molecule is CCOC(=O)CCCCCC(=O)c1ccc(Br)cc1. The largest absolute Gasteiger partial charge is 0.466 e. The van der Waals surface area contributed by atoms with Gasteiger partial charge in [-0.05, 0) is 31.9 Å². The lowest BCUT2D eigenvalue weighted by Crippen LogP contribution is -2.03. The fourth-order valence-corrected chi connectivity index (χ4v) is 2.01. The minimum absolute atomic E-state index is 0.151. The number of carbonyl (C=O) groups excluding carboxylic acids is 2. The van der Waals surface area contributed by atoms with Crippen LogP contribution in [0.25, 0.3) is 0 Å². The van der Waals surface area contributed by atoms with Gasteiger partial charge in [-0.25, -0.2) is 0 Å². The molecule has 0 heterocycles. The van der Waals surface area contributed by atoms with E-state index in [9.17, 15) is 9.59 Å². The zero-order valence-electron chi connectivity index (χ0n) is 11.2. The zero-order valence-corrected chi connectivity index (χ0v) is 12.7. The van der Waals surface area contributed by atoms with Gasteiger partial charge in [0.25, 0.3) is 0 Å². The number of hydrogen-bond donors (Lipinski definition) is 0. The highest BCUT2D eigenvalue weighted by Gasteiger charge is 2.06. The predicted molar refractivity (Wildman–Crippen MR) is 78.2 cm³/mol. The van der Waals surface area contributed by atoms with Crippen molar-refractivity contribution >= 4 is 27.7 Å². The smallest absolute Gasteiger partial charge is 0.305 e. The van der Waals surface area contributed by atoms with Crippen molar-refractivity contribution in [2.24, 2.45) is 0 Å². The predicted octanol–water partition coefficient (Wildman–Crippen LogP) is 4.15. The molecule has 104 valence electrons. The molecule has 0 aromatic heterocycles. The lowest BCUT2D eigenvalue weighted by atomic mass is 10.0. The second-order valence-corrected chi connectivity index (χ2v) is 5.21. The number of carbonyl (C=O) groups is 2. The van der Waals surface area contributed by atoms with Crippen LogP contribution in [0.4, 0.5) is 0 Å². The molecule has 0 N–H and O–H groups in total. The number of esters is 1. The van der Waals surface area contributed by atoms with E-state index in [2.05, 4.69) is 15.9 Å². The van der Waals surface area contributed by atoms with Crippen LogP contribution in [0, 0.1) is 0 Å². The fraction of sp³-hybridized carbons (Fsp3) is 0.467. The van der Waals surface area contributed by atoms with Gasteiger partial charge in [0.1, 0.15) is 0 Å². The molecule has 19 heavy (non-hydrogen) atoms. The molecule has 0 unspecified atom stereocenters. The maximum Gasteiger partial charge on any atom is 0.305 e. The molecular weight excluding hydrogens is 308 g/mol. The van der Waals surface area contributed by atoms with Crippen molar-refractivity contribution in [3.8, 4) is 0 Å². The average Bonchev–Trinajstić information content (AvgIpc) is 2.39. The van der Waals surface area contributed by atoms with E-state index in [1.54, 1.807) is 6.92 Å². The van der Waals surface area contributed by atoms with Gasteiger partial charge in [-0.3, -0.25) is 9.59 Å². The molecule has 0 aliphatic carbocycles. The van der Waals surface area contributed by atoms with Crippen molar-refractivity contribution in [3.63, 3.8) is 0 Å². The van der Waals surface area contributed by atoms with Crippen molar-refractivity contribution in [3.05, 3.63) is 34.3 Å². The Bertz CT molecular complexity index is 412. The van der Waals surface area contributed by atoms with E-state index in [1.165, 1.54) is 0 Å². The van der Waals surface area contributed by atoms with E-state index in [4.69, 9.17) is 4.74 Å². The van der Waals surface area contributed by atoms with Crippen LogP contribution in [0.15, 0.2) is 28.7 Å². The minimum atomic E-state index is -0.151. The molecule has 0 fully saturated rings. The first-order valence-corrected chi connectivity index (χ1v) is 7.37. The van der Waals surface area contributed by atoms with E-state index >= 15 is 0 Å². The Balaban J connectivity index is 2.17. The number of unbranched alkanes of at least 4 members (excludes halogenated alkanes) is 2. The van der Waals surface area contributed by atoms with Crippen LogP contribution in [-0.2, 0) is 9.53 Å². The molecule has 0 radical (unpaired) electrons. The monoisotopic (exact) mass is 326 g/mol. The number of benzene rings is 1. The highest BCUT2D eigenvalue weighted by molar-refractivity contribution is 9.10. The zero-order chi connectivity index (χ0) is 14.1. The molecule has 1 rings (SSSR count). The van der Waals surface area contributed by atoms with Crippen molar-refractivity contribution < 1.29 is 14.3 Å². The molecule has 3 nitrogen and oxygen atoms in total. The quantitative estimate of drug-likeness (QED) is 0.409. The standard InChI is InChI=1S/C15H19BrO3/c1-2-19-15(18)7-5-3-4-6-14(17)12-8-10-13(16)11-9-12/h8-11H,2-7H2,1H3. The number of rotatable bonds is 8. The molecule has 0 aliphatic rings. The lowest BCUT2D eigenvalue weighted by Gasteiger charge is -2.03. The molecule has 4 heteroatoms. The summed E-state index contributed by atoms with van der Waals surface area (Å²) in [5, 5.41) is 0. The molecule has 1 aromatic carbocycles. The lowest BCUT2D eigenvalue weighted by molar-refractivity contribution is -0.143. The summed E-state index contributed by atoms with van der Waals surface area (Å²) in [6.45, 7) is 2.23. The molecule has 1 aromatic rings. The summed E-state index contributed by atoms with van der Waals surface area (Å²) in [6, 6.07) is 7.39. The van der Waals surface area contributed by atoms with Crippen LogP contribution in [0.1, 0.15) is 49.4 Å². The third kappa shape index (κ3) is 6.53. The highest BCUT2D eigenvalue weighted by Crippen LogP contribution is 2.13. The van der Waals surface area contributed by atoms with Crippen molar-refractivity contribution in [2.45, 2.75) is 39.0 Å². The van der Waals surface area contributed by atoms with Gasteiger partial charge in [0.05, 0.1) is 6.61 Å². The van der Waals surface area contributed by atoms with E-state index in [0.29, 0.717) is 19.4 Å². The van der Waals surface area contributed by atoms with Crippen molar-refractivity contribution in [1.82, 2.24) is 0 Å². The van der Waals surface area contributed by atoms with Gasteiger partial charge >= 0.3 is 5.97 Å². The Kier molecular flexibility index (Phi) is 7.41. The second-order valence-electron chi connectivity index (χ2n) is 4.30. The first kappa shape index (κ1) is 15.9. The number of hydrogen-bond acceptors (Lipinski definition) is 3. The average molecular weight is 327 g/mol. The Morgan fingerprint density at radius 3 is 2.32 bits per heavy atom. The maximum absolute atomic E-state index is 11.8. The summed E-state index contributed by atoms with van der Waals surface area (Å²) >= 11 is 3.34. The topological polar surface area (TPSA) is 43.4 Å². The van der Waals surface area contributed by atoms with Gasteiger partial charge in [0.2, 0.25) is 0 Å². The molecule has 0 aliphatic heterocycles. The molecule has 0 bridgehead atoms. The van der Waals surface area contributed by atoms with Crippen LogP contribution in [-0.4, -0.2) is 18.4 Å². The van der Waals surface area contributed by atoms with Gasteiger partial charge in [-0.2, -0.15) is 0 Å². The maximum atomic E-state index is 11.8. The second kappa shape index (κ2) is 8.86. The summed E-state index contributed by atoms with van der Waals surface area (Å²) in [6.07, 6.45) is 3.45. The van der Waals surface area contributed by atoms with E-state index < -0.39 is 0 Å². The van der Waals surface area contributed by atoms with Crippen LogP contribution in [0.2, 0.25) is 0 Å². The van der Waals surface area contributed by atoms with Crippen LogP contribution in [0.3, 0.4) is 0 Å². The fourth-order valence-electron chi connectivity index (χ4n) is 1.74. The van der Waals surface area contributed by atoms with Gasteiger partial charge in [0.15, 0.2) is 5.78 Å². The third-order valence-electron chi connectivity index (χ3n) is 2.76. The summed E-state index contributed by atoms with van der Waals surface area (Å²) in [5.74, 6) is 0.00497. The Morgan fingerprint density at radius 2 is 1.68 bits per heavy atom. The number of ketones is 1. The van der Waals surface area contributed by atoms with Gasteiger partial charge in [-0.15, -0.1) is 0 Å². The summed E-state index contributed by atoms with van der Waals surface area (Å²) in [7, 11) is 0. The van der Waals surface area contributed by atoms with Crippen LogP contribution in [0.5, 0.6) is 0 Å². The van der Waals surface area contributed by atoms with Gasteiger partial charge < -0.3 is 4.74 Å². The van der Waals surface area contributed by atoms with Crippen LogP contribution < -0.4 is 0 Å². The molecule has 0 spiro atoms. The number of ether oxygens (including phenoxy) is 1. The Hall–Kier alpha value is -1.16. The van der Waals surface area contributed by atoms with Crippen LogP contribution >= 0.6 is 15.9 Å². The highest BCUT2D eigenvalue weighted by atomic mass is 79.9. The molecule has 0 saturated heterocycles. The summed E-state index contributed by atoms with van der Waals surface area (Å²) < 4.78 is 5.81. The van der Waals surface area contributed by atoms with Gasteiger partial charge in [0, 0.05) is 22.9 Å². The normalized spacial score (nSPS) is 10.2. The third-order valence-corrected chi connectivity index (χ3v) is 3.28. The summed E-state index contributed by atoms with van der Waals surface area (Å²) in [5.41, 5.74) is 0.744. The van der Waals surface area contributed by atoms with Crippen molar-refractivity contribution in [2.75, 3.05) is 6.61 Å². The number of Topliss-reactive ketones (excluding diaryl/α,β-unsaturated/α-hetero) is 1. The Morgan fingerprint density at radius 1 is 1.05 bits per heavy atom. The Labute approximate surface area is 122 Å².